The van der Waals surface area contributed by atoms with Gasteiger partial charge in [-0.05, 0) is 25.7 Å². The molecule has 0 atom stereocenters. The van der Waals surface area contributed by atoms with Crippen LogP contribution in [0.1, 0.15) is 12.5 Å². The number of carbonyl (C=O) groups excluding carboxylic acids is 1. The normalized spacial score (nSPS) is 12.0. The number of ether oxygens (including phenoxy) is 1. The van der Waals surface area contributed by atoms with Gasteiger partial charge in [0.25, 0.3) is 0 Å². The molecule has 0 fully saturated rings. The highest BCUT2D eigenvalue weighted by Crippen LogP contribution is 2.21. The molecule has 0 unspecified atom stereocenters. The van der Waals surface area contributed by atoms with Crippen molar-refractivity contribution in [1.29, 1.82) is 0 Å². The quantitative estimate of drug-likeness (QED) is 0.394. The van der Waals surface area contributed by atoms with E-state index in [2.05, 4.69) is 12.6 Å². The summed E-state index contributed by atoms with van der Waals surface area (Å²) in [5.41, 5.74) is 1.58. The number of rotatable bonds is 4. The summed E-state index contributed by atoms with van der Waals surface area (Å²) in [5.74, 6) is -0.360. The van der Waals surface area contributed by atoms with Crippen molar-refractivity contribution in [2.75, 3.05) is 12.9 Å². The molecule has 3 nitrogen and oxygen atoms in total. The molecule has 17 heavy (non-hydrogen) atoms. The van der Waals surface area contributed by atoms with Crippen LogP contribution < -0.4 is 4.57 Å². The second-order valence-electron chi connectivity index (χ2n) is 3.36. The summed E-state index contributed by atoms with van der Waals surface area (Å²) in [6.07, 6.45) is 5.53. The summed E-state index contributed by atoms with van der Waals surface area (Å²) >= 11 is 5.72. The van der Waals surface area contributed by atoms with Gasteiger partial charge in [-0.1, -0.05) is 0 Å². The molecule has 0 N–H and O–H groups in total. The zero-order valence-electron chi connectivity index (χ0n) is 10.1. The van der Waals surface area contributed by atoms with Crippen molar-refractivity contribution in [1.82, 2.24) is 0 Å². The van der Waals surface area contributed by atoms with Gasteiger partial charge in [-0.2, -0.15) is 4.57 Å². The van der Waals surface area contributed by atoms with Gasteiger partial charge in [0.15, 0.2) is 12.4 Å². The van der Waals surface area contributed by atoms with Gasteiger partial charge in [-0.25, -0.2) is 4.79 Å². The summed E-state index contributed by atoms with van der Waals surface area (Å²) in [6, 6.07) is 3.86. The number of thioether (sulfide) groups is 1. The molecule has 0 spiro atoms. The molecular formula is C12H16NO2S2+. The number of aromatic nitrogens is 1. The maximum Gasteiger partial charge on any atom is 0.405 e. The molecule has 0 saturated heterocycles. The molecule has 1 rings (SSSR count). The molecule has 1 aromatic heterocycles. The predicted octanol–water partition coefficient (Wildman–Crippen LogP) is 2.26. The number of hydrogen-bond acceptors (Lipinski definition) is 4. The molecule has 0 aliphatic heterocycles. The largest absolute Gasteiger partial charge is 0.458 e. The van der Waals surface area contributed by atoms with E-state index in [9.17, 15) is 4.79 Å². The zero-order valence-corrected chi connectivity index (χ0v) is 11.8. The molecule has 1 heterocycles. The average Bonchev–Trinajstić information content (AvgIpc) is 2.32. The van der Waals surface area contributed by atoms with Crippen molar-refractivity contribution in [2.24, 2.45) is 0 Å². The first kappa shape index (κ1) is 14.1. The molecule has 0 aromatic carbocycles. The molecule has 0 amide bonds. The topological polar surface area (TPSA) is 30.2 Å². The number of thiol groups is 1. The van der Waals surface area contributed by atoms with Gasteiger partial charge in [0, 0.05) is 12.1 Å². The lowest BCUT2D eigenvalue weighted by atomic mass is 10.3. The van der Waals surface area contributed by atoms with Crippen LogP contribution in [0.2, 0.25) is 0 Å². The molecule has 1 aromatic rings. The fourth-order valence-electron chi connectivity index (χ4n) is 1.25. The summed E-state index contributed by atoms with van der Waals surface area (Å²) < 4.78 is 7.39. The highest BCUT2D eigenvalue weighted by atomic mass is 32.2. The molecule has 0 bridgehead atoms. The second-order valence-corrected chi connectivity index (χ2v) is 4.93. The first-order valence-electron chi connectivity index (χ1n) is 5.22. The van der Waals surface area contributed by atoms with E-state index in [1.165, 1.54) is 11.8 Å². The van der Waals surface area contributed by atoms with Crippen molar-refractivity contribution in [3.05, 3.63) is 34.3 Å². The van der Waals surface area contributed by atoms with Crippen LogP contribution in [0.5, 0.6) is 0 Å². The Morgan fingerprint density at radius 2 is 2.06 bits per heavy atom. The van der Waals surface area contributed by atoms with Crippen LogP contribution in [-0.2, 0) is 9.53 Å². The van der Waals surface area contributed by atoms with Crippen LogP contribution in [-0.4, -0.2) is 18.8 Å². The Labute approximate surface area is 111 Å². The van der Waals surface area contributed by atoms with E-state index in [4.69, 9.17) is 4.74 Å². The lowest BCUT2D eigenvalue weighted by molar-refractivity contribution is -0.578. The van der Waals surface area contributed by atoms with Crippen molar-refractivity contribution < 1.29 is 14.1 Å². The van der Waals surface area contributed by atoms with E-state index in [0.29, 0.717) is 16.5 Å². The number of carbonyl (C=O) groups is 1. The van der Waals surface area contributed by atoms with Crippen molar-refractivity contribution >= 4 is 36.1 Å². The van der Waals surface area contributed by atoms with Gasteiger partial charge in [0.2, 0.25) is 0 Å². The van der Waals surface area contributed by atoms with Crippen LogP contribution in [0, 0.1) is 6.92 Å². The lowest BCUT2D eigenvalue weighted by Gasteiger charge is -2.04. The molecule has 0 saturated carbocycles. The standard InChI is InChI=1S/C12H15NO2S2/c1-4-15-11(14)10(12(16)17-3)13-7-5-9(2)6-8-13/h5-8H,4H2,1-3H3/p+1. The Morgan fingerprint density at radius 1 is 1.47 bits per heavy atom. The lowest BCUT2D eigenvalue weighted by Crippen LogP contribution is -2.37. The third-order valence-electron chi connectivity index (χ3n) is 2.12. The number of pyridine rings is 1. The van der Waals surface area contributed by atoms with Gasteiger partial charge in [0.1, 0.15) is 4.24 Å². The average molecular weight is 270 g/mol. The SMILES string of the molecule is CCOC(=O)/C(=C(/S)SC)[n+]1ccc(C)cc1. The molecule has 5 heteroatoms. The first-order chi connectivity index (χ1) is 8.10. The summed E-state index contributed by atoms with van der Waals surface area (Å²) in [5, 5.41) is 0. The minimum absolute atomic E-state index is 0.351. The van der Waals surface area contributed by atoms with Crippen LogP contribution in [0.4, 0.5) is 0 Å². The van der Waals surface area contributed by atoms with Crippen molar-refractivity contribution in [3.63, 3.8) is 0 Å². The van der Waals surface area contributed by atoms with Gasteiger partial charge in [-0.3, -0.25) is 0 Å². The van der Waals surface area contributed by atoms with E-state index < -0.39 is 0 Å². The Morgan fingerprint density at radius 3 is 2.53 bits per heavy atom. The van der Waals surface area contributed by atoms with E-state index in [1.54, 1.807) is 11.5 Å². The van der Waals surface area contributed by atoms with Gasteiger partial charge < -0.3 is 4.74 Å². The van der Waals surface area contributed by atoms with Crippen LogP contribution in [0.3, 0.4) is 0 Å². The minimum Gasteiger partial charge on any atom is -0.458 e. The van der Waals surface area contributed by atoms with Crippen LogP contribution >= 0.6 is 24.4 Å². The van der Waals surface area contributed by atoms with Crippen molar-refractivity contribution in [3.8, 4) is 0 Å². The van der Waals surface area contributed by atoms with Gasteiger partial charge >= 0.3 is 11.7 Å². The Kier molecular flexibility index (Phi) is 5.58. The third kappa shape index (κ3) is 3.78. The Hall–Kier alpha value is -0.940. The van der Waals surface area contributed by atoms with Gasteiger partial charge in [0.05, 0.1) is 6.61 Å². The number of nitrogens with zero attached hydrogens (tertiary/aromatic N) is 1. The molecule has 92 valence electrons. The Balaban J connectivity index is 3.16. The maximum atomic E-state index is 11.9. The summed E-state index contributed by atoms with van der Waals surface area (Å²) in [7, 11) is 0. The third-order valence-corrected chi connectivity index (χ3v) is 3.46. The van der Waals surface area contributed by atoms with Gasteiger partial charge in [-0.15, -0.1) is 24.4 Å². The van der Waals surface area contributed by atoms with E-state index >= 15 is 0 Å². The minimum atomic E-state index is -0.360. The van der Waals surface area contributed by atoms with E-state index in [-0.39, 0.29) is 5.97 Å². The van der Waals surface area contributed by atoms with Crippen LogP contribution in [0.25, 0.3) is 5.70 Å². The zero-order chi connectivity index (χ0) is 12.8. The first-order valence-corrected chi connectivity index (χ1v) is 6.90. The van der Waals surface area contributed by atoms with E-state index in [0.717, 1.165) is 5.56 Å². The fourth-order valence-corrected chi connectivity index (χ4v) is 1.84. The molecular weight excluding hydrogens is 254 g/mol. The fraction of sp³-hybridized carbons (Fsp3) is 0.333. The maximum absolute atomic E-state index is 11.9. The number of aryl methyl sites for hydroxylation is 1. The number of esters is 1. The molecule has 0 aliphatic carbocycles. The highest BCUT2D eigenvalue weighted by Gasteiger charge is 2.25. The Bertz CT molecular complexity index is 427. The highest BCUT2D eigenvalue weighted by molar-refractivity contribution is 8.15. The smallest absolute Gasteiger partial charge is 0.405 e. The number of hydrogen-bond donors (Lipinski definition) is 1. The summed E-state index contributed by atoms with van der Waals surface area (Å²) in [4.78, 5) is 11.9. The predicted molar refractivity (Wildman–Crippen MR) is 73.7 cm³/mol. The summed E-state index contributed by atoms with van der Waals surface area (Å²) in [6.45, 7) is 4.13. The van der Waals surface area contributed by atoms with E-state index in [1.807, 2.05) is 37.7 Å². The molecule has 0 aliphatic rings. The second kappa shape index (κ2) is 6.71. The molecule has 0 radical (unpaired) electrons. The van der Waals surface area contributed by atoms with Crippen LogP contribution in [0.15, 0.2) is 28.8 Å². The monoisotopic (exact) mass is 270 g/mol. The van der Waals surface area contributed by atoms with Crippen molar-refractivity contribution in [2.45, 2.75) is 13.8 Å².